The van der Waals surface area contributed by atoms with Gasteiger partial charge in [0.05, 0.1) is 7.11 Å². The standard InChI is InChI=1S/C18H28O3/c1-6-13(2)15-12-14(9-10-16(15)19)18(3,4)11-7-8-17(20)21-5/h9-10,12-13,19H,6-8,11H2,1-5H3. The lowest BCUT2D eigenvalue weighted by atomic mass is 9.78. The third-order valence-electron chi connectivity index (χ3n) is 4.36. The number of phenols is 1. The Balaban J connectivity index is 2.85. The van der Waals surface area contributed by atoms with Gasteiger partial charge in [0.1, 0.15) is 5.75 Å². The molecule has 0 saturated carbocycles. The van der Waals surface area contributed by atoms with Crippen molar-refractivity contribution in [3.05, 3.63) is 29.3 Å². The molecule has 3 heteroatoms. The molecule has 118 valence electrons. The number of rotatable bonds is 7. The second-order valence-corrected chi connectivity index (χ2v) is 6.40. The van der Waals surface area contributed by atoms with Crippen LogP contribution in [0.25, 0.3) is 0 Å². The smallest absolute Gasteiger partial charge is 0.305 e. The van der Waals surface area contributed by atoms with Crippen LogP contribution in [0, 0.1) is 0 Å². The van der Waals surface area contributed by atoms with Gasteiger partial charge in [-0.15, -0.1) is 0 Å². The van der Waals surface area contributed by atoms with Gasteiger partial charge in [0.2, 0.25) is 0 Å². The van der Waals surface area contributed by atoms with E-state index in [1.54, 1.807) is 6.07 Å². The van der Waals surface area contributed by atoms with Crippen LogP contribution in [-0.4, -0.2) is 18.2 Å². The Bertz CT molecular complexity index is 477. The minimum atomic E-state index is -0.156. The number of aromatic hydroxyl groups is 1. The van der Waals surface area contributed by atoms with Gasteiger partial charge in [-0.25, -0.2) is 0 Å². The van der Waals surface area contributed by atoms with Crippen molar-refractivity contribution < 1.29 is 14.6 Å². The highest BCUT2D eigenvalue weighted by Crippen LogP contribution is 2.35. The summed E-state index contributed by atoms with van der Waals surface area (Å²) in [6.45, 7) is 8.61. The van der Waals surface area contributed by atoms with Gasteiger partial charge in [-0.3, -0.25) is 4.79 Å². The molecule has 0 aliphatic rings. The van der Waals surface area contributed by atoms with Crippen LogP contribution in [0.4, 0.5) is 0 Å². The Kier molecular flexibility index (Phi) is 6.25. The number of benzene rings is 1. The lowest BCUT2D eigenvalue weighted by Gasteiger charge is -2.27. The number of methoxy groups -OCH3 is 1. The summed E-state index contributed by atoms with van der Waals surface area (Å²) in [6.07, 6.45) is 3.17. The van der Waals surface area contributed by atoms with Crippen LogP contribution < -0.4 is 0 Å². The molecular formula is C18H28O3. The summed E-state index contributed by atoms with van der Waals surface area (Å²) >= 11 is 0. The average Bonchev–Trinajstić information content (AvgIpc) is 2.46. The summed E-state index contributed by atoms with van der Waals surface area (Å²) < 4.78 is 4.68. The molecule has 0 spiro atoms. The Hall–Kier alpha value is -1.51. The molecule has 0 bridgehead atoms. The van der Waals surface area contributed by atoms with Crippen LogP contribution in [-0.2, 0) is 14.9 Å². The van der Waals surface area contributed by atoms with Crippen molar-refractivity contribution in [3.8, 4) is 5.75 Å². The van der Waals surface area contributed by atoms with Crippen LogP contribution in [0.1, 0.15) is 70.4 Å². The minimum absolute atomic E-state index is 0.0239. The van der Waals surface area contributed by atoms with Crippen LogP contribution >= 0.6 is 0 Å². The maximum absolute atomic E-state index is 11.2. The topological polar surface area (TPSA) is 46.5 Å². The van der Waals surface area contributed by atoms with E-state index < -0.39 is 0 Å². The molecular weight excluding hydrogens is 264 g/mol. The Labute approximate surface area is 128 Å². The van der Waals surface area contributed by atoms with E-state index in [0.29, 0.717) is 18.1 Å². The molecule has 1 atom stereocenters. The normalized spacial score (nSPS) is 13.0. The number of esters is 1. The van der Waals surface area contributed by atoms with E-state index in [1.807, 2.05) is 6.07 Å². The summed E-state index contributed by atoms with van der Waals surface area (Å²) in [5.41, 5.74) is 2.20. The van der Waals surface area contributed by atoms with Crippen molar-refractivity contribution in [1.82, 2.24) is 0 Å². The van der Waals surface area contributed by atoms with Crippen molar-refractivity contribution >= 4 is 5.97 Å². The van der Waals surface area contributed by atoms with Gasteiger partial charge in [0.15, 0.2) is 0 Å². The summed E-state index contributed by atoms with van der Waals surface area (Å²) in [5.74, 6) is 0.561. The molecule has 1 rings (SSSR count). The molecule has 21 heavy (non-hydrogen) atoms. The summed E-state index contributed by atoms with van der Waals surface area (Å²) in [4.78, 5) is 11.2. The van der Waals surface area contributed by atoms with E-state index in [2.05, 4.69) is 38.5 Å². The van der Waals surface area contributed by atoms with Crippen LogP contribution in [0.3, 0.4) is 0 Å². The Morgan fingerprint density at radius 3 is 2.62 bits per heavy atom. The molecule has 0 heterocycles. The lowest BCUT2D eigenvalue weighted by molar-refractivity contribution is -0.140. The first-order chi connectivity index (χ1) is 9.81. The zero-order valence-electron chi connectivity index (χ0n) is 13.9. The van der Waals surface area contributed by atoms with E-state index >= 15 is 0 Å². The van der Waals surface area contributed by atoms with E-state index in [-0.39, 0.29) is 11.4 Å². The Morgan fingerprint density at radius 2 is 2.05 bits per heavy atom. The fourth-order valence-corrected chi connectivity index (χ4v) is 2.51. The first-order valence-electron chi connectivity index (χ1n) is 7.72. The van der Waals surface area contributed by atoms with Crippen molar-refractivity contribution in [2.75, 3.05) is 7.11 Å². The van der Waals surface area contributed by atoms with Gasteiger partial charge >= 0.3 is 5.97 Å². The fraction of sp³-hybridized carbons (Fsp3) is 0.611. The van der Waals surface area contributed by atoms with Crippen molar-refractivity contribution in [2.24, 2.45) is 0 Å². The number of ether oxygens (including phenoxy) is 1. The van der Waals surface area contributed by atoms with E-state index in [1.165, 1.54) is 12.7 Å². The van der Waals surface area contributed by atoms with Gasteiger partial charge in [0.25, 0.3) is 0 Å². The molecule has 1 aromatic carbocycles. The van der Waals surface area contributed by atoms with Crippen molar-refractivity contribution in [2.45, 2.75) is 64.7 Å². The number of carbonyl (C=O) groups excluding carboxylic acids is 1. The lowest BCUT2D eigenvalue weighted by Crippen LogP contribution is -2.18. The molecule has 1 unspecified atom stereocenters. The monoisotopic (exact) mass is 292 g/mol. The molecule has 3 nitrogen and oxygen atoms in total. The summed E-state index contributed by atoms with van der Waals surface area (Å²) in [5, 5.41) is 10.0. The van der Waals surface area contributed by atoms with Gasteiger partial charge in [-0.1, -0.05) is 39.8 Å². The highest BCUT2D eigenvalue weighted by molar-refractivity contribution is 5.69. The third-order valence-corrected chi connectivity index (χ3v) is 4.36. The second-order valence-electron chi connectivity index (χ2n) is 6.40. The van der Waals surface area contributed by atoms with Crippen LogP contribution in [0.2, 0.25) is 0 Å². The van der Waals surface area contributed by atoms with Crippen molar-refractivity contribution in [1.29, 1.82) is 0 Å². The zero-order valence-corrected chi connectivity index (χ0v) is 13.9. The summed E-state index contributed by atoms with van der Waals surface area (Å²) in [7, 11) is 1.42. The fourth-order valence-electron chi connectivity index (χ4n) is 2.51. The number of hydrogen-bond acceptors (Lipinski definition) is 3. The number of carbonyl (C=O) groups is 1. The predicted octanol–water partition coefficient (Wildman–Crippen LogP) is 4.53. The first kappa shape index (κ1) is 17.5. The Morgan fingerprint density at radius 1 is 1.38 bits per heavy atom. The minimum Gasteiger partial charge on any atom is -0.508 e. The van der Waals surface area contributed by atoms with E-state index in [9.17, 15) is 9.90 Å². The SMILES string of the molecule is CCC(C)c1cc(C(C)(C)CCCC(=O)OC)ccc1O. The van der Waals surface area contributed by atoms with Crippen molar-refractivity contribution in [3.63, 3.8) is 0 Å². The highest BCUT2D eigenvalue weighted by Gasteiger charge is 2.22. The molecule has 0 aliphatic heterocycles. The van der Waals surface area contributed by atoms with E-state index in [0.717, 1.165) is 24.8 Å². The van der Waals surface area contributed by atoms with Crippen LogP contribution in [0.15, 0.2) is 18.2 Å². The maximum Gasteiger partial charge on any atom is 0.305 e. The molecule has 0 aliphatic carbocycles. The first-order valence-corrected chi connectivity index (χ1v) is 7.72. The van der Waals surface area contributed by atoms with Gasteiger partial charge < -0.3 is 9.84 Å². The molecule has 0 saturated heterocycles. The highest BCUT2D eigenvalue weighted by atomic mass is 16.5. The quantitative estimate of drug-likeness (QED) is 0.751. The summed E-state index contributed by atoms with van der Waals surface area (Å²) in [6, 6.07) is 5.89. The predicted molar refractivity (Wildman–Crippen MR) is 85.7 cm³/mol. The molecule has 1 aromatic rings. The van der Waals surface area contributed by atoms with Gasteiger partial charge in [-0.05, 0) is 47.8 Å². The number of phenolic OH excluding ortho intramolecular Hbond substituents is 1. The van der Waals surface area contributed by atoms with Crippen LogP contribution in [0.5, 0.6) is 5.75 Å². The van der Waals surface area contributed by atoms with E-state index in [4.69, 9.17) is 0 Å². The van der Waals surface area contributed by atoms with Gasteiger partial charge in [-0.2, -0.15) is 0 Å². The maximum atomic E-state index is 11.2. The molecule has 1 N–H and O–H groups in total. The van der Waals surface area contributed by atoms with Gasteiger partial charge in [0, 0.05) is 6.42 Å². The average molecular weight is 292 g/mol. The molecule has 0 fully saturated rings. The molecule has 0 radical (unpaired) electrons. The number of hydrogen-bond donors (Lipinski definition) is 1. The molecule has 0 aromatic heterocycles. The zero-order chi connectivity index (χ0) is 16.0. The molecule has 0 amide bonds. The largest absolute Gasteiger partial charge is 0.508 e. The third kappa shape index (κ3) is 4.76. The second kappa shape index (κ2) is 7.48.